The lowest BCUT2D eigenvalue weighted by Gasteiger charge is -2.36. The number of hydrogen-bond acceptors (Lipinski definition) is 6. The first-order valence-corrected chi connectivity index (χ1v) is 6.24. The Morgan fingerprint density at radius 1 is 1.17 bits per heavy atom. The van der Waals surface area contributed by atoms with Crippen LogP contribution in [-0.2, 0) is 9.53 Å². The van der Waals surface area contributed by atoms with Crippen molar-refractivity contribution < 1.29 is 9.53 Å². The van der Waals surface area contributed by atoms with Gasteiger partial charge in [-0.3, -0.25) is 9.69 Å². The lowest BCUT2D eigenvalue weighted by Crippen LogP contribution is -2.51. The van der Waals surface area contributed by atoms with Crippen molar-refractivity contribution in [1.82, 2.24) is 14.9 Å². The highest BCUT2D eigenvalue weighted by Crippen LogP contribution is 2.17. The van der Waals surface area contributed by atoms with Crippen LogP contribution in [0.25, 0.3) is 0 Å². The Labute approximate surface area is 106 Å². The molecule has 6 heteroatoms. The fourth-order valence-corrected chi connectivity index (χ4v) is 2.48. The summed E-state index contributed by atoms with van der Waals surface area (Å²) in [5, 5.41) is 0. The number of piperazine rings is 1. The highest BCUT2D eigenvalue weighted by molar-refractivity contribution is 5.72. The predicted octanol–water partition coefficient (Wildman–Crippen LogP) is -0.0859. The zero-order chi connectivity index (χ0) is 12.4. The molecule has 2 saturated heterocycles. The number of cyclic esters (lactones) is 1. The molecule has 0 amide bonds. The van der Waals surface area contributed by atoms with Gasteiger partial charge >= 0.3 is 5.97 Å². The SMILES string of the molecule is O=C1CC(N2CCN(c3ncccn3)CC2)CO1. The summed E-state index contributed by atoms with van der Waals surface area (Å²) in [5.74, 6) is 0.713. The molecule has 18 heavy (non-hydrogen) atoms. The van der Waals surface area contributed by atoms with Crippen LogP contribution < -0.4 is 4.90 Å². The van der Waals surface area contributed by atoms with Crippen LogP contribution in [0.1, 0.15) is 6.42 Å². The van der Waals surface area contributed by atoms with Crippen LogP contribution in [0.2, 0.25) is 0 Å². The number of rotatable bonds is 2. The summed E-state index contributed by atoms with van der Waals surface area (Å²) in [5.41, 5.74) is 0. The molecule has 0 aliphatic carbocycles. The number of hydrogen-bond donors (Lipinski definition) is 0. The number of aromatic nitrogens is 2. The second-order valence-electron chi connectivity index (χ2n) is 4.61. The molecule has 1 aromatic heterocycles. The first-order chi connectivity index (χ1) is 8.83. The predicted molar refractivity (Wildman–Crippen MR) is 65.2 cm³/mol. The lowest BCUT2D eigenvalue weighted by molar-refractivity contribution is -0.137. The van der Waals surface area contributed by atoms with Gasteiger partial charge in [0.2, 0.25) is 5.95 Å². The van der Waals surface area contributed by atoms with Crippen molar-refractivity contribution in [3.63, 3.8) is 0 Å². The van der Waals surface area contributed by atoms with E-state index in [1.807, 2.05) is 6.07 Å². The molecule has 1 atom stereocenters. The Bertz CT molecular complexity index is 417. The normalized spacial score (nSPS) is 25.2. The third-order valence-electron chi connectivity index (χ3n) is 3.50. The van der Waals surface area contributed by atoms with E-state index in [1.54, 1.807) is 12.4 Å². The van der Waals surface area contributed by atoms with Gasteiger partial charge < -0.3 is 9.64 Å². The van der Waals surface area contributed by atoms with Crippen LogP contribution in [0, 0.1) is 0 Å². The molecule has 0 spiro atoms. The molecular weight excluding hydrogens is 232 g/mol. The second kappa shape index (κ2) is 4.89. The molecule has 2 aliphatic rings. The second-order valence-corrected chi connectivity index (χ2v) is 4.61. The van der Waals surface area contributed by atoms with Gasteiger partial charge in [-0.15, -0.1) is 0 Å². The van der Waals surface area contributed by atoms with Crippen molar-refractivity contribution in [2.45, 2.75) is 12.5 Å². The maximum absolute atomic E-state index is 11.1. The Morgan fingerprint density at radius 2 is 1.89 bits per heavy atom. The number of ether oxygens (including phenoxy) is 1. The monoisotopic (exact) mass is 248 g/mol. The Morgan fingerprint density at radius 3 is 2.50 bits per heavy atom. The van der Waals surface area contributed by atoms with Gasteiger partial charge in [0.1, 0.15) is 6.61 Å². The van der Waals surface area contributed by atoms with Gasteiger partial charge in [0.25, 0.3) is 0 Å². The van der Waals surface area contributed by atoms with Gasteiger partial charge in [-0.2, -0.15) is 0 Å². The van der Waals surface area contributed by atoms with E-state index in [4.69, 9.17) is 4.74 Å². The van der Waals surface area contributed by atoms with Gasteiger partial charge in [0.05, 0.1) is 12.5 Å². The molecule has 3 rings (SSSR count). The van der Waals surface area contributed by atoms with E-state index < -0.39 is 0 Å². The van der Waals surface area contributed by atoms with Gasteiger partial charge in [-0.05, 0) is 6.07 Å². The first kappa shape index (κ1) is 11.4. The highest BCUT2D eigenvalue weighted by Gasteiger charge is 2.31. The van der Waals surface area contributed by atoms with Crippen LogP contribution in [-0.4, -0.2) is 59.7 Å². The Hall–Kier alpha value is -1.69. The molecule has 2 aliphatic heterocycles. The van der Waals surface area contributed by atoms with Crippen LogP contribution >= 0.6 is 0 Å². The molecule has 96 valence electrons. The summed E-state index contributed by atoms with van der Waals surface area (Å²) in [4.78, 5) is 24.1. The van der Waals surface area contributed by atoms with E-state index in [0.717, 1.165) is 32.1 Å². The van der Waals surface area contributed by atoms with Crippen molar-refractivity contribution in [1.29, 1.82) is 0 Å². The smallest absolute Gasteiger partial charge is 0.307 e. The molecule has 2 fully saturated rings. The largest absolute Gasteiger partial charge is 0.464 e. The van der Waals surface area contributed by atoms with Gasteiger partial charge in [-0.25, -0.2) is 9.97 Å². The van der Waals surface area contributed by atoms with E-state index in [9.17, 15) is 4.79 Å². The van der Waals surface area contributed by atoms with E-state index in [2.05, 4.69) is 19.8 Å². The van der Waals surface area contributed by atoms with Gasteiger partial charge in [0.15, 0.2) is 0 Å². The van der Waals surface area contributed by atoms with Gasteiger partial charge in [0, 0.05) is 38.6 Å². The topological polar surface area (TPSA) is 58.6 Å². The van der Waals surface area contributed by atoms with E-state index in [1.165, 1.54) is 0 Å². The van der Waals surface area contributed by atoms with Crippen molar-refractivity contribution in [3.8, 4) is 0 Å². The molecule has 6 nitrogen and oxygen atoms in total. The molecule has 0 bridgehead atoms. The maximum atomic E-state index is 11.1. The summed E-state index contributed by atoms with van der Waals surface area (Å²) in [6, 6.07) is 2.08. The molecule has 0 saturated carbocycles. The molecular formula is C12H16N4O2. The third kappa shape index (κ3) is 2.28. The zero-order valence-corrected chi connectivity index (χ0v) is 10.2. The van der Waals surface area contributed by atoms with Gasteiger partial charge in [-0.1, -0.05) is 0 Å². The fourth-order valence-electron chi connectivity index (χ4n) is 2.48. The average Bonchev–Trinajstić information content (AvgIpc) is 2.87. The van der Waals surface area contributed by atoms with Crippen molar-refractivity contribution >= 4 is 11.9 Å². The summed E-state index contributed by atoms with van der Waals surface area (Å²) in [7, 11) is 0. The van der Waals surface area contributed by atoms with E-state index in [-0.39, 0.29) is 12.0 Å². The summed E-state index contributed by atoms with van der Waals surface area (Å²) in [6.45, 7) is 4.20. The van der Waals surface area contributed by atoms with Crippen LogP contribution in [0.5, 0.6) is 0 Å². The number of esters is 1. The lowest BCUT2D eigenvalue weighted by atomic mass is 10.2. The number of anilines is 1. The molecule has 1 unspecified atom stereocenters. The summed E-state index contributed by atoms with van der Waals surface area (Å²) >= 11 is 0. The summed E-state index contributed by atoms with van der Waals surface area (Å²) < 4.78 is 5.01. The minimum absolute atomic E-state index is 0.0752. The van der Waals surface area contributed by atoms with Crippen molar-refractivity contribution in [2.75, 3.05) is 37.7 Å². The molecule has 1 aromatic rings. The minimum atomic E-state index is -0.0752. The fraction of sp³-hybridized carbons (Fsp3) is 0.583. The Kier molecular flexibility index (Phi) is 3.10. The summed E-state index contributed by atoms with van der Waals surface area (Å²) in [6.07, 6.45) is 4.05. The Balaban J connectivity index is 1.57. The molecule has 3 heterocycles. The third-order valence-corrected chi connectivity index (χ3v) is 3.50. The first-order valence-electron chi connectivity index (χ1n) is 6.24. The molecule has 0 radical (unpaired) electrons. The number of carbonyl (C=O) groups excluding carboxylic acids is 1. The number of nitrogens with zero attached hydrogens (tertiary/aromatic N) is 4. The maximum Gasteiger partial charge on any atom is 0.307 e. The van der Waals surface area contributed by atoms with Crippen LogP contribution in [0.3, 0.4) is 0 Å². The number of carbonyl (C=O) groups is 1. The molecule has 0 aromatic carbocycles. The van der Waals surface area contributed by atoms with E-state index >= 15 is 0 Å². The van der Waals surface area contributed by atoms with E-state index in [0.29, 0.717) is 13.0 Å². The van der Waals surface area contributed by atoms with Crippen LogP contribution in [0.15, 0.2) is 18.5 Å². The minimum Gasteiger partial charge on any atom is -0.464 e. The molecule has 0 N–H and O–H groups in total. The zero-order valence-electron chi connectivity index (χ0n) is 10.2. The van der Waals surface area contributed by atoms with Crippen LogP contribution in [0.4, 0.5) is 5.95 Å². The van der Waals surface area contributed by atoms with Crippen molar-refractivity contribution in [2.24, 2.45) is 0 Å². The highest BCUT2D eigenvalue weighted by atomic mass is 16.5. The van der Waals surface area contributed by atoms with Crippen molar-refractivity contribution in [3.05, 3.63) is 18.5 Å². The standard InChI is InChI=1S/C12H16N4O2/c17-11-8-10(9-18-11)15-4-6-16(7-5-15)12-13-2-1-3-14-12/h1-3,10H,4-9H2. The quantitative estimate of drug-likeness (QED) is 0.682. The average molecular weight is 248 g/mol.